The van der Waals surface area contributed by atoms with E-state index in [2.05, 4.69) is 46.8 Å². The number of hydrogen-bond acceptors (Lipinski definition) is 4. The molecule has 3 aromatic rings. The standard InChI is InChI=1S/C19H19ClN4OS/c1-12(2)13-5-9-16(10-6-13)22-19(26)21-11-17-23-18(24-25-17)14-3-7-15(20)8-4-14/h3-10,12H,11H2,1-2H3,(H2,21,22,26). The average Bonchev–Trinajstić information content (AvgIpc) is 3.10. The predicted octanol–water partition coefficient (Wildman–Crippen LogP) is 5.00. The molecule has 0 spiro atoms. The van der Waals surface area contributed by atoms with Gasteiger partial charge in [0.05, 0.1) is 6.54 Å². The zero-order valence-corrected chi connectivity index (χ0v) is 16.1. The number of benzene rings is 2. The molecule has 0 unspecified atom stereocenters. The Morgan fingerprint density at radius 3 is 2.46 bits per heavy atom. The number of aromatic nitrogens is 2. The van der Waals surface area contributed by atoms with Crippen molar-refractivity contribution in [1.82, 2.24) is 15.5 Å². The van der Waals surface area contributed by atoms with E-state index < -0.39 is 0 Å². The van der Waals surface area contributed by atoms with Gasteiger partial charge in [0, 0.05) is 16.3 Å². The highest BCUT2D eigenvalue weighted by Crippen LogP contribution is 2.19. The number of rotatable bonds is 5. The maximum atomic E-state index is 5.88. The van der Waals surface area contributed by atoms with Gasteiger partial charge >= 0.3 is 0 Å². The zero-order chi connectivity index (χ0) is 18.5. The molecule has 134 valence electrons. The van der Waals surface area contributed by atoms with Crippen LogP contribution < -0.4 is 10.6 Å². The summed E-state index contributed by atoms with van der Waals surface area (Å²) in [4.78, 5) is 4.35. The molecule has 1 aromatic heterocycles. The fourth-order valence-electron chi connectivity index (χ4n) is 2.33. The van der Waals surface area contributed by atoms with E-state index >= 15 is 0 Å². The number of hydrogen-bond donors (Lipinski definition) is 2. The van der Waals surface area contributed by atoms with Gasteiger partial charge in [-0.3, -0.25) is 0 Å². The van der Waals surface area contributed by atoms with E-state index in [-0.39, 0.29) is 0 Å². The van der Waals surface area contributed by atoms with Crippen molar-refractivity contribution in [3.63, 3.8) is 0 Å². The highest BCUT2D eigenvalue weighted by molar-refractivity contribution is 7.80. The maximum Gasteiger partial charge on any atom is 0.246 e. The molecule has 5 nitrogen and oxygen atoms in total. The third-order valence-corrected chi connectivity index (χ3v) is 4.30. The Kier molecular flexibility index (Phi) is 5.85. The molecule has 0 saturated carbocycles. The van der Waals surface area contributed by atoms with Crippen molar-refractivity contribution in [2.75, 3.05) is 5.32 Å². The Morgan fingerprint density at radius 2 is 1.81 bits per heavy atom. The molecule has 0 aliphatic rings. The van der Waals surface area contributed by atoms with Crippen LogP contribution >= 0.6 is 23.8 Å². The third kappa shape index (κ3) is 4.80. The van der Waals surface area contributed by atoms with Crippen molar-refractivity contribution in [2.45, 2.75) is 26.3 Å². The molecular formula is C19H19ClN4OS. The molecule has 0 fully saturated rings. The van der Waals surface area contributed by atoms with E-state index in [1.54, 1.807) is 12.1 Å². The summed E-state index contributed by atoms with van der Waals surface area (Å²) < 4.78 is 5.25. The van der Waals surface area contributed by atoms with Crippen molar-refractivity contribution in [2.24, 2.45) is 0 Å². The van der Waals surface area contributed by atoms with E-state index in [4.69, 9.17) is 28.3 Å². The molecule has 0 aliphatic heterocycles. The van der Waals surface area contributed by atoms with Crippen LogP contribution in [0.1, 0.15) is 31.2 Å². The molecule has 7 heteroatoms. The first-order chi connectivity index (χ1) is 12.5. The number of thiocarbonyl (C=S) groups is 1. The van der Waals surface area contributed by atoms with Gasteiger partial charge in [-0.05, 0) is 60.1 Å². The lowest BCUT2D eigenvalue weighted by atomic mass is 10.0. The lowest BCUT2D eigenvalue weighted by Crippen LogP contribution is -2.28. The van der Waals surface area contributed by atoms with E-state index in [1.165, 1.54) is 5.56 Å². The normalized spacial score (nSPS) is 10.8. The van der Waals surface area contributed by atoms with Gasteiger partial charge in [0.25, 0.3) is 0 Å². The molecule has 0 atom stereocenters. The first-order valence-electron chi connectivity index (χ1n) is 8.24. The Labute approximate surface area is 162 Å². The molecule has 0 bridgehead atoms. The molecule has 2 N–H and O–H groups in total. The van der Waals surface area contributed by atoms with Crippen molar-refractivity contribution in [3.05, 3.63) is 65.0 Å². The van der Waals surface area contributed by atoms with Crippen LogP contribution in [0, 0.1) is 0 Å². The second kappa shape index (κ2) is 8.29. The summed E-state index contributed by atoms with van der Waals surface area (Å²) in [7, 11) is 0. The van der Waals surface area contributed by atoms with Crippen molar-refractivity contribution >= 4 is 34.6 Å². The number of anilines is 1. The summed E-state index contributed by atoms with van der Waals surface area (Å²) in [6.45, 7) is 4.67. The minimum Gasteiger partial charge on any atom is -0.353 e. The lowest BCUT2D eigenvalue weighted by Gasteiger charge is -2.10. The van der Waals surface area contributed by atoms with Gasteiger partial charge in [0.2, 0.25) is 11.7 Å². The first kappa shape index (κ1) is 18.4. The van der Waals surface area contributed by atoms with Gasteiger partial charge in [-0.25, -0.2) is 0 Å². The molecule has 0 saturated heterocycles. The van der Waals surface area contributed by atoms with Gasteiger partial charge < -0.3 is 15.2 Å². The predicted molar refractivity (Wildman–Crippen MR) is 108 cm³/mol. The van der Waals surface area contributed by atoms with Crippen LogP contribution in [0.15, 0.2) is 53.1 Å². The highest BCUT2D eigenvalue weighted by atomic mass is 35.5. The summed E-state index contributed by atoms with van der Waals surface area (Å²) in [5.74, 6) is 1.47. The van der Waals surface area contributed by atoms with E-state index in [9.17, 15) is 0 Å². The number of nitrogens with one attached hydrogen (secondary N) is 2. The van der Waals surface area contributed by atoms with Gasteiger partial charge in [0.15, 0.2) is 5.11 Å². The van der Waals surface area contributed by atoms with Crippen molar-refractivity contribution < 1.29 is 4.52 Å². The van der Waals surface area contributed by atoms with Crippen LogP contribution in [-0.4, -0.2) is 15.3 Å². The molecule has 0 radical (unpaired) electrons. The Balaban J connectivity index is 1.54. The molecule has 1 heterocycles. The van der Waals surface area contributed by atoms with E-state index in [1.807, 2.05) is 24.3 Å². The summed E-state index contributed by atoms with van der Waals surface area (Å²) in [6, 6.07) is 15.5. The molecule has 3 rings (SSSR count). The highest BCUT2D eigenvalue weighted by Gasteiger charge is 2.09. The topological polar surface area (TPSA) is 63.0 Å². The molecule has 26 heavy (non-hydrogen) atoms. The average molecular weight is 387 g/mol. The van der Waals surface area contributed by atoms with Crippen LogP contribution in [-0.2, 0) is 6.54 Å². The van der Waals surface area contributed by atoms with Crippen molar-refractivity contribution in [1.29, 1.82) is 0 Å². The second-order valence-corrected chi connectivity index (χ2v) is 6.95. The van der Waals surface area contributed by atoms with Crippen LogP contribution in [0.2, 0.25) is 5.02 Å². The van der Waals surface area contributed by atoms with Crippen molar-refractivity contribution in [3.8, 4) is 11.4 Å². The smallest absolute Gasteiger partial charge is 0.246 e. The van der Waals surface area contributed by atoms with Gasteiger partial charge in [-0.1, -0.05) is 42.7 Å². The fourth-order valence-corrected chi connectivity index (χ4v) is 2.64. The van der Waals surface area contributed by atoms with Crippen LogP contribution in [0.4, 0.5) is 5.69 Å². The number of halogens is 1. The van der Waals surface area contributed by atoms with E-state index in [0.29, 0.717) is 34.3 Å². The minimum atomic E-state index is 0.344. The first-order valence-corrected chi connectivity index (χ1v) is 9.03. The van der Waals surface area contributed by atoms with Crippen LogP contribution in [0.25, 0.3) is 11.4 Å². The molecule has 0 aliphatic carbocycles. The molecular weight excluding hydrogens is 368 g/mol. The monoisotopic (exact) mass is 386 g/mol. The SMILES string of the molecule is CC(C)c1ccc(NC(=S)NCc2nc(-c3ccc(Cl)cc3)no2)cc1. The second-order valence-electron chi connectivity index (χ2n) is 6.10. The maximum absolute atomic E-state index is 5.88. The van der Waals surface area contributed by atoms with Gasteiger partial charge in [0.1, 0.15) is 0 Å². The van der Waals surface area contributed by atoms with E-state index in [0.717, 1.165) is 11.3 Å². The molecule has 2 aromatic carbocycles. The van der Waals surface area contributed by atoms with Crippen LogP contribution in [0.3, 0.4) is 0 Å². The Morgan fingerprint density at radius 1 is 1.12 bits per heavy atom. The minimum absolute atomic E-state index is 0.344. The fraction of sp³-hybridized carbons (Fsp3) is 0.211. The van der Waals surface area contributed by atoms with Gasteiger partial charge in [-0.2, -0.15) is 4.98 Å². The molecule has 0 amide bonds. The summed E-state index contributed by atoms with van der Waals surface area (Å²) in [6.07, 6.45) is 0. The third-order valence-electron chi connectivity index (χ3n) is 3.81. The van der Waals surface area contributed by atoms with Gasteiger partial charge in [-0.15, -0.1) is 0 Å². The number of nitrogens with zero attached hydrogens (tertiary/aromatic N) is 2. The summed E-state index contributed by atoms with van der Waals surface area (Å²) in [5.41, 5.74) is 3.06. The Bertz CT molecular complexity index is 875. The lowest BCUT2D eigenvalue weighted by molar-refractivity contribution is 0.376. The Hall–Kier alpha value is -2.44. The zero-order valence-electron chi connectivity index (χ0n) is 14.5. The summed E-state index contributed by atoms with van der Waals surface area (Å²) in [5, 5.41) is 11.3. The summed E-state index contributed by atoms with van der Waals surface area (Å²) >= 11 is 11.2. The largest absolute Gasteiger partial charge is 0.353 e. The van der Waals surface area contributed by atoms with Crippen LogP contribution in [0.5, 0.6) is 0 Å². The quantitative estimate of drug-likeness (QED) is 0.601.